The molecule has 3 aromatic carbocycles. The summed E-state index contributed by atoms with van der Waals surface area (Å²) in [5.74, 6) is 0.0880. The maximum atomic E-state index is 12.7. The molecule has 7 nitrogen and oxygen atoms in total. The summed E-state index contributed by atoms with van der Waals surface area (Å²) < 4.78 is 10.8. The van der Waals surface area contributed by atoms with E-state index in [1.54, 1.807) is 60.7 Å². The van der Waals surface area contributed by atoms with Crippen molar-refractivity contribution in [3.63, 3.8) is 0 Å². The maximum Gasteiger partial charge on any atom is 0.255 e. The third-order valence-electron chi connectivity index (χ3n) is 4.84. The Morgan fingerprint density at radius 2 is 1.52 bits per heavy atom. The van der Waals surface area contributed by atoms with Gasteiger partial charge in [-0.1, -0.05) is 6.07 Å². The Bertz CT molecular complexity index is 1150. The number of hydrogen-bond acceptors (Lipinski definition) is 5. The summed E-state index contributed by atoms with van der Waals surface area (Å²) in [4.78, 5) is 25.2. The number of ether oxygens (including phenoxy) is 2. The second kappa shape index (κ2) is 11.5. The number of benzene rings is 3. The lowest BCUT2D eigenvalue weighted by Gasteiger charge is -2.12. The number of amides is 2. The molecule has 0 fully saturated rings. The third-order valence-corrected chi connectivity index (χ3v) is 4.84. The van der Waals surface area contributed by atoms with Gasteiger partial charge in [0.2, 0.25) is 0 Å². The van der Waals surface area contributed by atoms with Gasteiger partial charge >= 0.3 is 0 Å². The van der Waals surface area contributed by atoms with E-state index in [1.165, 1.54) is 0 Å². The lowest BCUT2D eigenvalue weighted by atomic mass is 10.1. The van der Waals surface area contributed by atoms with Crippen LogP contribution in [0.4, 0.5) is 11.4 Å². The van der Waals surface area contributed by atoms with Crippen molar-refractivity contribution in [2.45, 2.75) is 13.8 Å². The van der Waals surface area contributed by atoms with E-state index in [9.17, 15) is 9.59 Å². The highest BCUT2D eigenvalue weighted by molar-refractivity contribution is 6.06. The van der Waals surface area contributed by atoms with Crippen LogP contribution in [0.1, 0.15) is 38.8 Å². The van der Waals surface area contributed by atoms with Crippen molar-refractivity contribution in [2.24, 2.45) is 0 Å². The Kier molecular flexibility index (Phi) is 8.17. The van der Waals surface area contributed by atoms with Crippen molar-refractivity contribution < 1.29 is 19.1 Å². The fourth-order valence-corrected chi connectivity index (χ4v) is 2.99. The van der Waals surface area contributed by atoms with Crippen molar-refractivity contribution in [1.82, 2.24) is 0 Å². The quantitative estimate of drug-likeness (QED) is 0.463. The molecule has 7 heteroatoms. The smallest absolute Gasteiger partial charge is 0.255 e. The molecule has 0 radical (unpaired) electrons. The van der Waals surface area contributed by atoms with Gasteiger partial charge in [0, 0.05) is 29.1 Å². The van der Waals surface area contributed by atoms with Gasteiger partial charge in [0.25, 0.3) is 11.8 Å². The summed E-state index contributed by atoms with van der Waals surface area (Å²) in [7, 11) is 0. The van der Waals surface area contributed by atoms with Crippen molar-refractivity contribution >= 4 is 23.2 Å². The van der Waals surface area contributed by atoms with Gasteiger partial charge in [0.15, 0.2) is 0 Å². The second-order valence-electron chi connectivity index (χ2n) is 7.20. The van der Waals surface area contributed by atoms with E-state index in [4.69, 9.17) is 14.7 Å². The molecule has 0 aromatic heterocycles. The average Bonchev–Trinajstić information content (AvgIpc) is 2.84. The molecule has 0 unspecified atom stereocenters. The largest absolute Gasteiger partial charge is 0.491 e. The highest BCUT2D eigenvalue weighted by Crippen LogP contribution is 2.22. The topological polar surface area (TPSA) is 100 Å². The summed E-state index contributed by atoms with van der Waals surface area (Å²) in [6.45, 7) is 5.39. The zero-order valence-electron chi connectivity index (χ0n) is 18.6. The van der Waals surface area contributed by atoms with E-state index in [0.717, 1.165) is 5.56 Å². The molecular weight excluding hydrogens is 418 g/mol. The summed E-state index contributed by atoms with van der Waals surface area (Å²) in [5, 5.41) is 14.6. The second-order valence-corrected chi connectivity index (χ2v) is 7.20. The van der Waals surface area contributed by atoms with Gasteiger partial charge in [-0.15, -0.1) is 0 Å². The highest BCUT2D eigenvalue weighted by atomic mass is 16.5. The first-order chi connectivity index (χ1) is 16.0. The van der Waals surface area contributed by atoms with Crippen LogP contribution in [-0.4, -0.2) is 31.6 Å². The van der Waals surface area contributed by atoms with Crippen LogP contribution in [0.15, 0.2) is 66.7 Å². The van der Waals surface area contributed by atoms with Gasteiger partial charge in [-0.25, -0.2) is 0 Å². The first kappa shape index (κ1) is 23.5. The third kappa shape index (κ3) is 6.66. The molecule has 3 rings (SSSR count). The van der Waals surface area contributed by atoms with Gasteiger partial charge < -0.3 is 20.1 Å². The van der Waals surface area contributed by atoms with Gasteiger partial charge in [-0.2, -0.15) is 5.26 Å². The Morgan fingerprint density at radius 3 is 2.15 bits per heavy atom. The number of nitrogens with zero attached hydrogens (tertiary/aromatic N) is 1. The van der Waals surface area contributed by atoms with Crippen LogP contribution < -0.4 is 15.4 Å². The summed E-state index contributed by atoms with van der Waals surface area (Å²) in [6, 6.07) is 20.5. The van der Waals surface area contributed by atoms with Crippen molar-refractivity contribution in [3.05, 3.63) is 89.0 Å². The van der Waals surface area contributed by atoms with Gasteiger partial charge in [0.05, 0.1) is 18.2 Å². The number of carbonyl (C=O) groups is 2. The summed E-state index contributed by atoms with van der Waals surface area (Å²) >= 11 is 0. The minimum atomic E-state index is -0.305. The summed E-state index contributed by atoms with van der Waals surface area (Å²) in [5.41, 5.74) is 3.40. The van der Waals surface area contributed by atoms with Crippen LogP contribution in [0.2, 0.25) is 0 Å². The van der Waals surface area contributed by atoms with Gasteiger partial charge in [0.1, 0.15) is 12.4 Å². The number of nitrogens with one attached hydrogen (secondary N) is 2. The van der Waals surface area contributed by atoms with E-state index in [-0.39, 0.29) is 11.8 Å². The molecular formula is C26H25N3O4. The van der Waals surface area contributed by atoms with Gasteiger partial charge in [-0.3, -0.25) is 9.59 Å². The van der Waals surface area contributed by atoms with E-state index in [0.29, 0.717) is 53.6 Å². The molecule has 0 heterocycles. The van der Waals surface area contributed by atoms with Crippen LogP contribution in [0, 0.1) is 18.3 Å². The Morgan fingerprint density at radius 1 is 0.879 bits per heavy atom. The number of rotatable bonds is 9. The lowest BCUT2D eigenvalue weighted by Crippen LogP contribution is -2.15. The molecule has 0 saturated heterocycles. The lowest BCUT2D eigenvalue weighted by molar-refractivity contribution is 0.101. The molecule has 168 valence electrons. The Balaban J connectivity index is 1.63. The maximum absolute atomic E-state index is 12.7. The Labute approximate surface area is 193 Å². The molecule has 0 aliphatic rings. The van der Waals surface area contributed by atoms with Crippen LogP contribution >= 0.6 is 0 Å². The van der Waals surface area contributed by atoms with E-state index >= 15 is 0 Å². The zero-order chi connectivity index (χ0) is 23.6. The fourth-order valence-electron chi connectivity index (χ4n) is 2.99. The first-order valence-electron chi connectivity index (χ1n) is 10.5. The van der Waals surface area contributed by atoms with Crippen molar-refractivity contribution in [2.75, 3.05) is 30.5 Å². The van der Waals surface area contributed by atoms with Crippen LogP contribution in [0.3, 0.4) is 0 Å². The predicted octanol–water partition coefficient (Wildman–Crippen LogP) is 4.79. The normalized spacial score (nSPS) is 10.2. The summed E-state index contributed by atoms with van der Waals surface area (Å²) in [6.07, 6.45) is 0. The molecule has 3 aromatic rings. The predicted molar refractivity (Wildman–Crippen MR) is 127 cm³/mol. The molecule has 2 amide bonds. The molecule has 0 atom stereocenters. The number of carbonyl (C=O) groups excluding carboxylic acids is 2. The van der Waals surface area contributed by atoms with Crippen LogP contribution in [0.25, 0.3) is 0 Å². The monoisotopic (exact) mass is 443 g/mol. The number of hydrogen-bond donors (Lipinski definition) is 2. The first-order valence-corrected chi connectivity index (χ1v) is 10.5. The van der Waals surface area contributed by atoms with Crippen LogP contribution in [0.5, 0.6) is 5.75 Å². The fraction of sp³-hybridized carbons (Fsp3) is 0.192. The Hall–Kier alpha value is -4.15. The van der Waals surface area contributed by atoms with Crippen molar-refractivity contribution in [1.29, 1.82) is 5.26 Å². The molecule has 0 bridgehead atoms. The molecule has 0 aliphatic heterocycles. The number of nitriles is 1. The minimum Gasteiger partial charge on any atom is -0.491 e. The molecule has 0 aliphatic carbocycles. The molecule has 33 heavy (non-hydrogen) atoms. The highest BCUT2D eigenvalue weighted by Gasteiger charge is 2.11. The molecule has 0 saturated carbocycles. The zero-order valence-corrected chi connectivity index (χ0v) is 18.6. The van der Waals surface area contributed by atoms with E-state index in [2.05, 4.69) is 10.6 Å². The van der Waals surface area contributed by atoms with E-state index < -0.39 is 0 Å². The van der Waals surface area contributed by atoms with Crippen LogP contribution in [-0.2, 0) is 4.74 Å². The van der Waals surface area contributed by atoms with Gasteiger partial charge in [-0.05, 0) is 80.1 Å². The molecule has 0 spiro atoms. The SMILES string of the molecule is CCOCCOc1ccc(C(=O)Nc2cc(NC(=O)c3ccc(C#N)cc3)ccc2C)cc1. The molecule has 2 N–H and O–H groups in total. The van der Waals surface area contributed by atoms with E-state index in [1.807, 2.05) is 26.0 Å². The number of aryl methyl sites for hydroxylation is 1. The standard InChI is InChI=1S/C26H25N3O4/c1-3-32-14-15-33-23-12-9-21(10-13-23)26(31)29-24-16-22(11-4-18(24)2)28-25(30)20-7-5-19(17-27)6-8-20/h4-13,16H,3,14-15H2,1-2H3,(H,28,30)(H,29,31). The average molecular weight is 444 g/mol. The minimum absolute atomic E-state index is 0.269. The number of anilines is 2. The van der Waals surface area contributed by atoms with Crippen molar-refractivity contribution in [3.8, 4) is 11.8 Å².